The van der Waals surface area contributed by atoms with Crippen LogP contribution < -0.4 is 0 Å². The van der Waals surface area contributed by atoms with Gasteiger partial charge in [0.1, 0.15) is 5.82 Å². The highest BCUT2D eigenvalue weighted by Gasteiger charge is 2.26. The van der Waals surface area contributed by atoms with Gasteiger partial charge in [0.05, 0.1) is 17.6 Å². The van der Waals surface area contributed by atoms with Crippen molar-refractivity contribution >= 4 is 17.5 Å². The Morgan fingerprint density at radius 3 is 2.75 bits per heavy atom. The minimum atomic E-state index is -0.346. The third-order valence-electron chi connectivity index (χ3n) is 4.99. The lowest BCUT2D eigenvalue weighted by Crippen LogP contribution is -2.39. The Morgan fingerprint density at radius 2 is 1.96 bits per heavy atom. The van der Waals surface area contributed by atoms with E-state index >= 15 is 0 Å². The molecule has 1 amide bonds. The Labute approximate surface area is 168 Å². The van der Waals surface area contributed by atoms with E-state index in [0.29, 0.717) is 23.7 Å². The number of rotatable bonds is 3. The summed E-state index contributed by atoms with van der Waals surface area (Å²) in [6.45, 7) is 1.26. The van der Waals surface area contributed by atoms with E-state index in [1.165, 1.54) is 24.3 Å². The molecule has 142 valence electrons. The van der Waals surface area contributed by atoms with Gasteiger partial charge in [0.25, 0.3) is 5.91 Å². The number of likely N-dealkylation sites (tertiary alicyclic amines) is 1. The predicted octanol–water partition coefficient (Wildman–Crippen LogP) is 4.96. The first-order chi connectivity index (χ1) is 13.6. The number of hydrogen-bond acceptors (Lipinski definition) is 3. The lowest BCUT2D eigenvalue weighted by atomic mass is 9.94. The topological polar surface area (TPSA) is 46.1 Å². The molecule has 2 aromatic carbocycles. The van der Waals surface area contributed by atoms with Gasteiger partial charge in [-0.25, -0.2) is 9.37 Å². The fourth-order valence-electron chi connectivity index (χ4n) is 3.54. The molecule has 0 aliphatic carbocycles. The molecule has 0 spiro atoms. The number of hydrogen-bond donors (Lipinski definition) is 0. The minimum absolute atomic E-state index is 0.0799. The molecule has 3 aromatic rings. The van der Waals surface area contributed by atoms with Gasteiger partial charge in [-0.1, -0.05) is 23.7 Å². The quantitative estimate of drug-likeness (QED) is 0.630. The van der Waals surface area contributed by atoms with Crippen molar-refractivity contribution in [3.05, 3.63) is 83.0 Å². The monoisotopic (exact) mass is 395 g/mol. The molecule has 4 rings (SSSR count). The van der Waals surface area contributed by atoms with E-state index in [9.17, 15) is 9.18 Å². The van der Waals surface area contributed by atoms with Crippen LogP contribution in [0.1, 0.15) is 34.8 Å². The third kappa shape index (κ3) is 4.04. The molecule has 0 N–H and O–H groups in total. The number of carbonyl (C=O) groups is 1. The van der Waals surface area contributed by atoms with Crippen molar-refractivity contribution in [2.45, 2.75) is 18.8 Å². The SMILES string of the molecule is O=C(c1ccc(F)cc1)N1CCC[C@@H](c2cncc(-c3cccc(Cl)c3)n2)C1. The van der Waals surface area contributed by atoms with Gasteiger partial charge in [0.15, 0.2) is 0 Å². The summed E-state index contributed by atoms with van der Waals surface area (Å²) >= 11 is 6.09. The van der Waals surface area contributed by atoms with Crippen LogP contribution in [-0.2, 0) is 0 Å². The Hall–Kier alpha value is -2.79. The van der Waals surface area contributed by atoms with Crippen LogP contribution in [0.2, 0.25) is 5.02 Å². The van der Waals surface area contributed by atoms with Crippen LogP contribution in [0.5, 0.6) is 0 Å². The molecule has 0 radical (unpaired) electrons. The molecule has 1 aliphatic rings. The summed E-state index contributed by atoms with van der Waals surface area (Å²) in [7, 11) is 0. The van der Waals surface area contributed by atoms with E-state index in [4.69, 9.17) is 16.6 Å². The van der Waals surface area contributed by atoms with Crippen molar-refractivity contribution in [3.63, 3.8) is 0 Å². The van der Waals surface area contributed by atoms with Gasteiger partial charge in [-0.05, 0) is 49.2 Å². The highest BCUT2D eigenvalue weighted by molar-refractivity contribution is 6.30. The van der Waals surface area contributed by atoms with E-state index in [2.05, 4.69) is 4.98 Å². The summed E-state index contributed by atoms with van der Waals surface area (Å²) in [5.41, 5.74) is 3.05. The van der Waals surface area contributed by atoms with Gasteiger partial charge < -0.3 is 4.90 Å². The standard InChI is InChI=1S/C22H19ClFN3O/c23-18-5-1-3-16(11-18)20-12-25-13-21(26-20)17-4-2-10-27(14-17)22(28)15-6-8-19(24)9-7-15/h1,3,5-9,11-13,17H,2,4,10,14H2/t17-/m1/s1. The summed E-state index contributed by atoms with van der Waals surface area (Å²) in [6.07, 6.45) is 5.32. The highest BCUT2D eigenvalue weighted by Crippen LogP contribution is 2.28. The molecule has 28 heavy (non-hydrogen) atoms. The number of benzene rings is 2. The zero-order chi connectivity index (χ0) is 19.5. The second kappa shape index (κ2) is 8.07. The van der Waals surface area contributed by atoms with Gasteiger partial charge >= 0.3 is 0 Å². The Kier molecular flexibility index (Phi) is 5.35. The first kappa shape index (κ1) is 18.6. The molecular formula is C22H19ClFN3O. The number of carbonyl (C=O) groups excluding carboxylic acids is 1. The minimum Gasteiger partial charge on any atom is -0.338 e. The lowest BCUT2D eigenvalue weighted by Gasteiger charge is -2.32. The largest absolute Gasteiger partial charge is 0.338 e. The van der Waals surface area contributed by atoms with Gasteiger partial charge in [-0.3, -0.25) is 9.78 Å². The Bertz CT molecular complexity index is 993. The zero-order valence-corrected chi connectivity index (χ0v) is 15.9. The second-order valence-electron chi connectivity index (χ2n) is 6.94. The van der Waals surface area contributed by atoms with E-state index in [-0.39, 0.29) is 17.6 Å². The van der Waals surface area contributed by atoms with E-state index in [1.807, 2.05) is 29.2 Å². The van der Waals surface area contributed by atoms with Crippen LogP contribution in [0.3, 0.4) is 0 Å². The summed E-state index contributed by atoms with van der Waals surface area (Å²) < 4.78 is 13.1. The maximum atomic E-state index is 13.1. The van der Waals surface area contributed by atoms with Gasteiger partial charge in [-0.2, -0.15) is 0 Å². The van der Waals surface area contributed by atoms with E-state index in [0.717, 1.165) is 29.8 Å². The molecule has 0 unspecified atom stereocenters. The first-order valence-electron chi connectivity index (χ1n) is 9.23. The second-order valence-corrected chi connectivity index (χ2v) is 7.37. The van der Waals surface area contributed by atoms with E-state index in [1.54, 1.807) is 12.4 Å². The van der Waals surface area contributed by atoms with Crippen LogP contribution >= 0.6 is 11.6 Å². The molecule has 6 heteroatoms. The van der Waals surface area contributed by atoms with Gasteiger partial charge in [0.2, 0.25) is 0 Å². The van der Waals surface area contributed by atoms with Crippen molar-refractivity contribution < 1.29 is 9.18 Å². The molecule has 0 bridgehead atoms. The molecule has 1 saturated heterocycles. The van der Waals surface area contributed by atoms with Gasteiger partial charge in [0, 0.05) is 41.4 Å². The zero-order valence-electron chi connectivity index (χ0n) is 15.2. The maximum absolute atomic E-state index is 13.1. The van der Waals surface area contributed by atoms with Crippen molar-refractivity contribution in [2.24, 2.45) is 0 Å². The number of halogens is 2. The van der Waals surface area contributed by atoms with Gasteiger partial charge in [-0.15, -0.1) is 0 Å². The number of nitrogens with zero attached hydrogens (tertiary/aromatic N) is 3. The van der Waals surface area contributed by atoms with Crippen molar-refractivity contribution in [2.75, 3.05) is 13.1 Å². The Balaban J connectivity index is 1.54. The summed E-state index contributed by atoms with van der Waals surface area (Å²) in [6, 6.07) is 13.2. The highest BCUT2D eigenvalue weighted by atomic mass is 35.5. The third-order valence-corrected chi connectivity index (χ3v) is 5.23. The smallest absolute Gasteiger partial charge is 0.253 e. The Morgan fingerprint density at radius 1 is 1.14 bits per heavy atom. The average molecular weight is 396 g/mol. The van der Waals surface area contributed by atoms with E-state index < -0.39 is 0 Å². The molecule has 2 heterocycles. The first-order valence-corrected chi connectivity index (χ1v) is 9.60. The maximum Gasteiger partial charge on any atom is 0.253 e. The molecule has 0 saturated carbocycles. The summed E-state index contributed by atoms with van der Waals surface area (Å²) in [5.74, 6) is -0.311. The number of aromatic nitrogens is 2. The molecule has 1 aliphatic heterocycles. The van der Waals surface area contributed by atoms with Crippen LogP contribution in [0.4, 0.5) is 4.39 Å². The normalized spacial score (nSPS) is 16.8. The molecule has 4 nitrogen and oxygen atoms in total. The van der Waals surface area contributed by atoms with Crippen LogP contribution in [-0.4, -0.2) is 33.9 Å². The van der Waals surface area contributed by atoms with Crippen molar-refractivity contribution in [1.82, 2.24) is 14.9 Å². The van der Waals surface area contributed by atoms with Crippen molar-refractivity contribution in [3.8, 4) is 11.3 Å². The fraction of sp³-hybridized carbons (Fsp3) is 0.227. The number of piperidine rings is 1. The lowest BCUT2D eigenvalue weighted by molar-refractivity contribution is 0.0706. The summed E-state index contributed by atoms with van der Waals surface area (Å²) in [5, 5.41) is 0.651. The molecule has 1 atom stereocenters. The fourth-order valence-corrected chi connectivity index (χ4v) is 3.73. The predicted molar refractivity (Wildman–Crippen MR) is 107 cm³/mol. The van der Waals surface area contributed by atoms with Crippen LogP contribution in [0.25, 0.3) is 11.3 Å². The molecule has 1 aromatic heterocycles. The molecule has 1 fully saturated rings. The average Bonchev–Trinajstić information content (AvgIpc) is 2.74. The van der Waals surface area contributed by atoms with Crippen molar-refractivity contribution in [1.29, 1.82) is 0 Å². The van der Waals surface area contributed by atoms with Crippen LogP contribution in [0, 0.1) is 5.82 Å². The van der Waals surface area contributed by atoms with Crippen LogP contribution in [0.15, 0.2) is 60.9 Å². The number of amides is 1. The molecular weight excluding hydrogens is 377 g/mol. The summed E-state index contributed by atoms with van der Waals surface area (Å²) in [4.78, 5) is 23.7.